The van der Waals surface area contributed by atoms with Crippen LogP contribution in [0.5, 0.6) is 0 Å². The van der Waals surface area contributed by atoms with E-state index in [1.165, 1.54) is 6.07 Å². The molecule has 0 amide bonds. The minimum absolute atomic E-state index is 0.0518. The van der Waals surface area contributed by atoms with Crippen LogP contribution in [0.15, 0.2) is 41.3 Å². The third-order valence-electron chi connectivity index (χ3n) is 5.12. The summed E-state index contributed by atoms with van der Waals surface area (Å²) < 4.78 is 28.1. The zero-order valence-electron chi connectivity index (χ0n) is 16.4. The summed E-state index contributed by atoms with van der Waals surface area (Å²) in [6, 6.07) is 9.92. The number of carboxylic acids is 1. The van der Waals surface area contributed by atoms with E-state index in [9.17, 15) is 18.3 Å². The monoisotopic (exact) mass is 402 g/mol. The van der Waals surface area contributed by atoms with Gasteiger partial charge in [-0.25, -0.2) is 13.2 Å². The summed E-state index contributed by atoms with van der Waals surface area (Å²) in [5, 5.41) is 9.65. The predicted octanol–water partition coefficient (Wildman–Crippen LogP) is 4.04. The molecule has 28 heavy (non-hydrogen) atoms. The summed E-state index contributed by atoms with van der Waals surface area (Å²) in [4.78, 5) is 14.1. The Kier molecular flexibility index (Phi) is 5.65. The van der Waals surface area contributed by atoms with Crippen LogP contribution in [-0.4, -0.2) is 32.6 Å². The van der Waals surface area contributed by atoms with E-state index in [1.807, 2.05) is 6.92 Å². The van der Waals surface area contributed by atoms with Gasteiger partial charge in [0.2, 0.25) is 0 Å². The second kappa shape index (κ2) is 7.83. The van der Waals surface area contributed by atoms with E-state index in [2.05, 4.69) is 16.5 Å². The maximum Gasteiger partial charge on any atom is 0.337 e. The maximum atomic E-state index is 12.8. The molecule has 2 aromatic rings. The first-order chi connectivity index (χ1) is 13.2. The van der Waals surface area contributed by atoms with E-state index in [0.29, 0.717) is 11.5 Å². The van der Waals surface area contributed by atoms with Crippen molar-refractivity contribution in [2.75, 3.05) is 22.7 Å². The second-order valence-electron chi connectivity index (χ2n) is 7.60. The van der Waals surface area contributed by atoms with Gasteiger partial charge in [0, 0.05) is 18.8 Å². The van der Waals surface area contributed by atoms with E-state index in [4.69, 9.17) is 0 Å². The number of sulfonamides is 1. The average Bonchev–Trinajstić information content (AvgIpc) is 2.61. The Balaban J connectivity index is 1.94. The molecular weight excluding hydrogens is 376 g/mol. The highest BCUT2D eigenvalue weighted by Gasteiger charge is 2.23. The lowest BCUT2D eigenvalue weighted by molar-refractivity contribution is 0.0698. The van der Waals surface area contributed by atoms with Gasteiger partial charge in [-0.1, -0.05) is 24.6 Å². The first-order valence-corrected chi connectivity index (χ1v) is 10.9. The number of aromatic carboxylic acids is 1. The number of carbonyl (C=O) groups is 1. The van der Waals surface area contributed by atoms with E-state index in [0.717, 1.165) is 37.2 Å². The Morgan fingerprint density at radius 2 is 1.93 bits per heavy atom. The number of rotatable bonds is 5. The van der Waals surface area contributed by atoms with E-state index in [-0.39, 0.29) is 16.1 Å². The van der Waals surface area contributed by atoms with Crippen LogP contribution in [0.4, 0.5) is 11.4 Å². The van der Waals surface area contributed by atoms with Gasteiger partial charge in [0.1, 0.15) is 0 Å². The maximum absolute atomic E-state index is 12.8. The molecule has 2 N–H and O–H groups in total. The first-order valence-electron chi connectivity index (χ1n) is 9.40. The fourth-order valence-corrected chi connectivity index (χ4v) is 5.03. The van der Waals surface area contributed by atoms with Gasteiger partial charge in [0.15, 0.2) is 0 Å². The van der Waals surface area contributed by atoms with Crippen molar-refractivity contribution in [2.24, 2.45) is 5.92 Å². The van der Waals surface area contributed by atoms with Crippen LogP contribution in [0.3, 0.4) is 0 Å². The molecule has 7 heteroatoms. The van der Waals surface area contributed by atoms with Crippen molar-refractivity contribution in [2.45, 2.75) is 38.5 Å². The number of carboxylic acid groups (broad SMARTS) is 1. The molecule has 1 saturated heterocycles. The summed E-state index contributed by atoms with van der Waals surface area (Å²) in [5.74, 6) is -0.616. The number of piperidine rings is 1. The van der Waals surface area contributed by atoms with Crippen LogP contribution in [0.25, 0.3) is 0 Å². The largest absolute Gasteiger partial charge is 0.478 e. The number of nitrogens with zero attached hydrogens (tertiary/aromatic N) is 1. The van der Waals surface area contributed by atoms with Crippen molar-refractivity contribution in [3.63, 3.8) is 0 Å². The molecule has 1 aliphatic rings. The molecule has 2 aromatic carbocycles. The Morgan fingerprint density at radius 3 is 2.57 bits per heavy atom. The van der Waals surface area contributed by atoms with Crippen LogP contribution in [0.2, 0.25) is 0 Å². The van der Waals surface area contributed by atoms with Gasteiger partial charge >= 0.3 is 5.97 Å². The molecule has 0 aliphatic carbocycles. The summed E-state index contributed by atoms with van der Waals surface area (Å²) in [5.41, 5.74) is 2.40. The van der Waals surface area contributed by atoms with Crippen molar-refractivity contribution >= 4 is 27.4 Å². The van der Waals surface area contributed by atoms with Gasteiger partial charge in [-0.2, -0.15) is 0 Å². The molecule has 0 saturated carbocycles. The van der Waals surface area contributed by atoms with Gasteiger partial charge in [-0.3, -0.25) is 4.72 Å². The Morgan fingerprint density at radius 1 is 1.18 bits per heavy atom. The summed E-state index contributed by atoms with van der Waals surface area (Å²) in [6.45, 7) is 7.53. The van der Waals surface area contributed by atoms with E-state index in [1.54, 1.807) is 37.3 Å². The number of hydrogen-bond donors (Lipinski definition) is 2. The van der Waals surface area contributed by atoms with Crippen molar-refractivity contribution < 1.29 is 18.3 Å². The number of aryl methyl sites for hydroxylation is 2. The van der Waals surface area contributed by atoms with Crippen molar-refractivity contribution in [3.8, 4) is 0 Å². The van der Waals surface area contributed by atoms with Gasteiger partial charge in [0.25, 0.3) is 10.0 Å². The van der Waals surface area contributed by atoms with E-state index >= 15 is 0 Å². The van der Waals surface area contributed by atoms with Gasteiger partial charge in [-0.15, -0.1) is 0 Å². The molecule has 3 rings (SSSR count). The molecule has 0 aromatic heterocycles. The normalized spacial score (nSPS) is 17.4. The lowest BCUT2D eigenvalue weighted by Gasteiger charge is -2.33. The van der Waals surface area contributed by atoms with Gasteiger partial charge < -0.3 is 10.0 Å². The zero-order chi connectivity index (χ0) is 20.5. The third kappa shape index (κ3) is 4.30. The minimum atomic E-state index is -3.89. The Bertz CT molecular complexity index is 1000. The van der Waals surface area contributed by atoms with Crippen LogP contribution in [-0.2, 0) is 10.0 Å². The number of nitrogens with one attached hydrogen (secondary N) is 1. The molecular formula is C21H26N2O4S. The standard InChI is InChI=1S/C21H26N2O4S/c1-14-6-9-20(16(3)11-14)28(26,27)22-19-8-7-17(12-18(19)21(24)25)23-10-4-5-15(2)13-23/h6-9,11-12,15,22H,4-5,10,13H2,1-3H3,(H,24,25)/t15-/m1/s1. The predicted molar refractivity (Wildman–Crippen MR) is 111 cm³/mol. The van der Waals surface area contributed by atoms with Crippen LogP contribution in [0.1, 0.15) is 41.3 Å². The smallest absolute Gasteiger partial charge is 0.337 e. The minimum Gasteiger partial charge on any atom is -0.478 e. The lowest BCUT2D eigenvalue weighted by Crippen LogP contribution is -2.34. The molecule has 0 radical (unpaired) electrons. The number of anilines is 2. The molecule has 150 valence electrons. The van der Waals surface area contributed by atoms with E-state index < -0.39 is 16.0 Å². The molecule has 0 unspecified atom stereocenters. The molecule has 1 atom stereocenters. The quantitative estimate of drug-likeness (QED) is 0.788. The van der Waals surface area contributed by atoms with Gasteiger partial charge in [-0.05, 0) is 62.4 Å². The highest BCUT2D eigenvalue weighted by atomic mass is 32.2. The highest BCUT2D eigenvalue weighted by Crippen LogP contribution is 2.29. The fraction of sp³-hybridized carbons (Fsp3) is 0.381. The molecule has 1 fully saturated rings. The number of benzene rings is 2. The lowest BCUT2D eigenvalue weighted by atomic mass is 9.99. The fourth-order valence-electron chi connectivity index (χ4n) is 3.72. The van der Waals surface area contributed by atoms with Crippen LogP contribution < -0.4 is 9.62 Å². The van der Waals surface area contributed by atoms with Gasteiger partial charge in [0.05, 0.1) is 16.1 Å². The topological polar surface area (TPSA) is 86.7 Å². The highest BCUT2D eigenvalue weighted by molar-refractivity contribution is 7.92. The summed E-state index contributed by atoms with van der Waals surface area (Å²) in [7, 11) is -3.89. The molecule has 0 bridgehead atoms. The molecule has 1 aliphatic heterocycles. The Hall–Kier alpha value is -2.54. The van der Waals surface area contributed by atoms with Crippen LogP contribution in [0, 0.1) is 19.8 Å². The van der Waals surface area contributed by atoms with Crippen molar-refractivity contribution in [1.82, 2.24) is 0 Å². The second-order valence-corrected chi connectivity index (χ2v) is 9.25. The number of hydrogen-bond acceptors (Lipinski definition) is 4. The molecule has 6 nitrogen and oxygen atoms in total. The Labute approximate surface area is 166 Å². The summed E-state index contributed by atoms with van der Waals surface area (Å²) >= 11 is 0. The van der Waals surface area contributed by atoms with Crippen molar-refractivity contribution in [1.29, 1.82) is 0 Å². The van der Waals surface area contributed by atoms with Crippen LogP contribution >= 0.6 is 0 Å². The third-order valence-corrected chi connectivity index (χ3v) is 6.65. The first kappa shape index (κ1) is 20.2. The van der Waals surface area contributed by atoms with Crippen molar-refractivity contribution in [3.05, 3.63) is 53.1 Å². The average molecular weight is 403 g/mol. The summed E-state index contributed by atoms with van der Waals surface area (Å²) in [6.07, 6.45) is 2.22. The SMILES string of the molecule is Cc1ccc(S(=O)(=O)Nc2ccc(N3CCC[C@@H](C)C3)cc2C(=O)O)c(C)c1. The zero-order valence-corrected chi connectivity index (χ0v) is 17.2. The molecule has 1 heterocycles. The molecule has 0 spiro atoms.